The highest BCUT2D eigenvalue weighted by Crippen LogP contribution is 2.20. The molecule has 9 nitrogen and oxygen atoms in total. The first kappa shape index (κ1) is 14.8. The normalized spacial score (nSPS) is 11.0. The van der Waals surface area contributed by atoms with Gasteiger partial charge in [0, 0.05) is 18.9 Å². The molecule has 0 unspecified atom stereocenters. The molecule has 19 heavy (non-hydrogen) atoms. The molecule has 0 fully saturated rings. The molecule has 0 saturated heterocycles. The third kappa shape index (κ3) is 4.50. The van der Waals surface area contributed by atoms with Gasteiger partial charge >= 0.3 is 11.7 Å². The second kappa shape index (κ2) is 5.61. The molecule has 1 aromatic rings. The third-order valence-corrected chi connectivity index (χ3v) is 3.03. The van der Waals surface area contributed by atoms with Crippen LogP contribution in [-0.4, -0.2) is 48.0 Å². The zero-order valence-corrected chi connectivity index (χ0v) is 10.7. The largest absolute Gasteiger partial charge is 0.477 e. The number of pyridine rings is 1. The fraction of sp³-hybridized carbons (Fsp3) is 0.333. The van der Waals surface area contributed by atoms with Crippen molar-refractivity contribution in [1.29, 1.82) is 0 Å². The zero-order chi connectivity index (χ0) is 14.6. The Morgan fingerprint density at radius 3 is 2.68 bits per heavy atom. The van der Waals surface area contributed by atoms with Gasteiger partial charge in [-0.15, -0.1) is 0 Å². The van der Waals surface area contributed by atoms with E-state index >= 15 is 0 Å². The molecule has 0 aliphatic carbocycles. The molecule has 0 spiro atoms. The number of hydrogen-bond acceptors (Lipinski definition) is 7. The van der Waals surface area contributed by atoms with E-state index in [2.05, 4.69) is 10.3 Å². The first-order valence-electron chi connectivity index (χ1n) is 5.00. The fourth-order valence-corrected chi connectivity index (χ4v) is 1.70. The van der Waals surface area contributed by atoms with E-state index in [1.165, 1.54) is 0 Å². The number of sulfone groups is 1. The van der Waals surface area contributed by atoms with E-state index in [1.54, 1.807) is 0 Å². The van der Waals surface area contributed by atoms with Crippen LogP contribution in [0.2, 0.25) is 0 Å². The molecule has 2 N–H and O–H groups in total. The van der Waals surface area contributed by atoms with E-state index < -0.39 is 32.0 Å². The predicted molar refractivity (Wildman–Crippen MR) is 66.1 cm³/mol. The first-order chi connectivity index (χ1) is 8.70. The number of carbonyl (C=O) groups is 1. The van der Waals surface area contributed by atoms with Gasteiger partial charge in [0.15, 0.2) is 0 Å². The number of carboxylic acid groups (broad SMARTS) is 1. The Labute approximate surface area is 108 Å². The summed E-state index contributed by atoms with van der Waals surface area (Å²) in [6.07, 6.45) is 1.87. The fourth-order valence-electron chi connectivity index (χ4n) is 1.23. The number of hydrogen-bond donors (Lipinski definition) is 2. The Kier molecular flexibility index (Phi) is 4.38. The van der Waals surface area contributed by atoms with E-state index in [0.717, 1.165) is 18.5 Å². The van der Waals surface area contributed by atoms with Crippen molar-refractivity contribution in [2.24, 2.45) is 0 Å². The number of aromatic carboxylic acids is 1. The number of nitrogens with zero attached hydrogens (tertiary/aromatic N) is 2. The van der Waals surface area contributed by atoms with Crippen molar-refractivity contribution < 1.29 is 23.2 Å². The highest BCUT2D eigenvalue weighted by atomic mass is 32.2. The van der Waals surface area contributed by atoms with E-state index in [-0.39, 0.29) is 18.1 Å². The lowest BCUT2D eigenvalue weighted by Gasteiger charge is -2.05. The van der Waals surface area contributed by atoms with E-state index in [1.807, 2.05) is 0 Å². The molecule has 10 heteroatoms. The number of nitrogens with one attached hydrogen (secondary N) is 1. The Balaban J connectivity index is 2.90. The van der Waals surface area contributed by atoms with Gasteiger partial charge in [-0.1, -0.05) is 0 Å². The summed E-state index contributed by atoms with van der Waals surface area (Å²) in [6.45, 7) is 0.0305. The average molecular weight is 289 g/mol. The summed E-state index contributed by atoms with van der Waals surface area (Å²) in [4.78, 5) is 24.2. The van der Waals surface area contributed by atoms with Crippen LogP contribution in [0.3, 0.4) is 0 Å². The maximum Gasteiger partial charge on any atom is 0.342 e. The van der Waals surface area contributed by atoms with Crippen molar-refractivity contribution in [2.45, 2.75) is 0 Å². The lowest BCUT2D eigenvalue weighted by molar-refractivity contribution is -0.385. The average Bonchev–Trinajstić information content (AvgIpc) is 2.26. The Hall–Kier alpha value is -2.23. The standard InChI is InChI=1S/C9H11N3O6S/c1-19(17,18)3-2-10-8-4-6(9(13)14)7(5-11-8)12(15)16/h4-5H,2-3H2,1H3,(H,10,11)(H,13,14). The zero-order valence-electron chi connectivity index (χ0n) is 9.86. The molecule has 0 aromatic carbocycles. The molecule has 1 rings (SSSR count). The summed E-state index contributed by atoms with van der Waals surface area (Å²) in [5.74, 6) is -1.56. The molecule has 0 aliphatic heterocycles. The van der Waals surface area contributed by atoms with E-state index in [4.69, 9.17) is 5.11 Å². The van der Waals surface area contributed by atoms with Crippen LogP contribution < -0.4 is 5.32 Å². The van der Waals surface area contributed by atoms with Crippen LogP contribution in [0.5, 0.6) is 0 Å². The van der Waals surface area contributed by atoms with Gasteiger partial charge in [0.25, 0.3) is 0 Å². The van der Waals surface area contributed by atoms with Crippen LogP contribution in [0.15, 0.2) is 12.3 Å². The molecule has 1 aromatic heterocycles. The monoisotopic (exact) mass is 289 g/mol. The molecule has 0 amide bonds. The van der Waals surface area contributed by atoms with Crippen molar-refractivity contribution in [3.63, 3.8) is 0 Å². The van der Waals surface area contributed by atoms with Gasteiger partial charge in [0.1, 0.15) is 27.4 Å². The SMILES string of the molecule is CS(=O)(=O)CCNc1cc(C(=O)O)c([N+](=O)[O-])cn1. The van der Waals surface area contributed by atoms with Crippen molar-refractivity contribution in [2.75, 3.05) is 23.9 Å². The van der Waals surface area contributed by atoms with E-state index in [9.17, 15) is 23.3 Å². The summed E-state index contributed by atoms with van der Waals surface area (Å²) in [5, 5.41) is 22.0. The van der Waals surface area contributed by atoms with Gasteiger partial charge in [0.05, 0.1) is 10.7 Å². The second-order valence-electron chi connectivity index (χ2n) is 3.71. The van der Waals surface area contributed by atoms with Gasteiger partial charge in [-0.05, 0) is 0 Å². The molecule has 104 valence electrons. The summed E-state index contributed by atoms with van der Waals surface area (Å²) < 4.78 is 21.8. The van der Waals surface area contributed by atoms with Crippen molar-refractivity contribution in [3.05, 3.63) is 27.9 Å². The van der Waals surface area contributed by atoms with E-state index in [0.29, 0.717) is 0 Å². The predicted octanol–water partition coefficient (Wildman–Crippen LogP) is 0.144. The van der Waals surface area contributed by atoms with Crippen LogP contribution in [0.1, 0.15) is 10.4 Å². The molecule has 0 bridgehead atoms. The molecule has 0 radical (unpaired) electrons. The number of aromatic nitrogens is 1. The maximum absolute atomic E-state index is 10.9. The summed E-state index contributed by atoms with van der Waals surface area (Å²) in [5.41, 5.74) is -1.14. The van der Waals surface area contributed by atoms with Gasteiger partial charge in [-0.2, -0.15) is 0 Å². The van der Waals surface area contributed by atoms with Crippen LogP contribution in [-0.2, 0) is 9.84 Å². The Morgan fingerprint density at radius 1 is 1.58 bits per heavy atom. The number of carboxylic acids is 1. The summed E-state index contributed by atoms with van der Waals surface area (Å²) in [7, 11) is -3.16. The van der Waals surface area contributed by atoms with Gasteiger partial charge < -0.3 is 10.4 Å². The van der Waals surface area contributed by atoms with Gasteiger partial charge in [-0.3, -0.25) is 10.1 Å². The van der Waals surface area contributed by atoms with Crippen molar-refractivity contribution >= 4 is 27.3 Å². The highest BCUT2D eigenvalue weighted by Gasteiger charge is 2.20. The molecule has 0 saturated carbocycles. The maximum atomic E-state index is 10.9. The lowest BCUT2D eigenvalue weighted by atomic mass is 10.2. The number of anilines is 1. The minimum absolute atomic E-state index is 0.0305. The second-order valence-corrected chi connectivity index (χ2v) is 5.97. The van der Waals surface area contributed by atoms with Crippen molar-refractivity contribution in [3.8, 4) is 0 Å². The third-order valence-electron chi connectivity index (χ3n) is 2.09. The molecular weight excluding hydrogens is 278 g/mol. The molecule has 0 atom stereocenters. The Bertz CT molecular complexity index is 612. The smallest absolute Gasteiger partial charge is 0.342 e. The summed E-state index contributed by atoms with van der Waals surface area (Å²) >= 11 is 0. The first-order valence-corrected chi connectivity index (χ1v) is 7.06. The molecular formula is C9H11N3O6S. The van der Waals surface area contributed by atoms with Gasteiger partial charge in [-0.25, -0.2) is 18.2 Å². The van der Waals surface area contributed by atoms with Crippen molar-refractivity contribution in [1.82, 2.24) is 4.98 Å². The highest BCUT2D eigenvalue weighted by molar-refractivity contribution is 7.90. The lowest BCUT2D eigenvalue weighted by Crippen LogP contribution is -2.15. The van der Waals surface area contributed by atoms with Crippen LogP contribution in [0.4, 0.5) is 11.5 Å². The minimum atomic E-state index is -3.16. The van der Waals surface area contributed by atoms with Crippen LogP contribution >= 0.6 is 0 Å². The molecule has 0 aliphatic rings. The molecule has 1 heterocycles. The van der Waals surface area contributed by atoms with Crippen LogP contribution in [0, 0.1) is 10.1 Å². The van der Waals surface area contributed by atoms with Crippen LogP contribution in [0.25, 0.3) is 0 Å². The number of rotatable bonds is 6. The minimum Gasteiger partial charge on any atom is -0.477 e. The quantitative estimate of drug-likeness (QED) is 0.557. The topological polar surface area (TPSA) is 140 Å². The number of nitro groups is 1. The van der Waals surface area contributed by atoms with Gasteiger partial charge in [0.2, 0.25) is 0 Å². The summed E-state index contributed by atoms with van der Waals surface area (Å²) in [6, 6.07) is 0.989. The Morgan fingerprint density at radius 2 is 2.21 bits per heavy atom.